The van der Waals surface area contributed by atoms with E-state index in [0.717, 1.165) is 18.6 Å². The zero-order valence-corrected chi connectivity index (χ0v) is 13.6. The molecule has 0 atom stereocenters. The number of carbonyl (C=O) groups excluding carboxylic acids is 1. The van der Waals surface area contributed by atoms with Crippen molar-refractivity contribution in [2.24, 2.45) is 5.73 Å². The summed E-state index contributed by atoms with van der Waals surface area (Å²) in [5.74, 6) is -1.56. The molecule has 2 rings (SSSR count). The number of hydrogen-bond acceptors (Lipinski definition) is 3. The van der Waals surface area contributed by atoms with Crippen molar-refractivity contribution in [3.8, 4) is 17.2 Å². The van der Waals surface area contributed by atoms with Crippen molar-refractivity contribution < 1.29 is 27.4 Å². The molecule has 0 aliphatic heterocycles. The minimum absolute atomic E-state index is 0.142. The SMILES string of the molecule is CCCCOc1c(C(N)=O)ccc(C(F)(F)F)c1Oc1ccccc1. The molecule has 0 unspecified atom stereocenters. The Bertz CT molecular complexity index is 730. The highest BCUT2D eigenvalue weighted by atomic mass is 19.4. The first-order chi connectivity index (χ1) is 11.8. The normalized spacial score (nSPS) is 11.2. The first kappa shape index (κ1) is 18.6. The van der Waals surface area contributed by atoms with Crippen LogP contribution in [0.5, 0.6) is 17.2 Å². The van der Waals surface area contributed by atoms with Gasteiger partial charge in [0.1, 0.15) is 11.3 Å². The van der Waals surface area contributed by atoms with Gasteiger partial charge in [0.05, 0.1) is 12.2 Å². The number of para-hydroxylation sites is 1. The largest absolute Gasteiger partial charge is 0.489 e. The average Bonchev–Trinajstić information content (AvgIpc) is 2.55. The van der Waals surface area contributed by atoms with E-state index in [9.17, 15) is 18.0 Å². The second kappa shape index (κ2) is 7.92. The predicted molar refractivity (Wildman–Crippen MR) is 86.9 cm³/mol. The lowest BCUT2D eigenvalue weighted by atomic mass is 10.1. The molecule has 2 N–H and O–H groups in total. The second-order valence-corrected chi connectivity index (χ2v) is 5.30. The van der Waals surface area contributed by atoms with Crippen molar-refractivity contribution in [2.75, 3.05) is 6.61 Å². The summed E-state index contributed by atoms with van der Waals surface area (Å²) in [5.41, 5.74) is 4.09. The Balaban J connectivity index is 2.58. The standard InChI is InChI=1S/C18H18F3NO3/c1-2-3-11-24-15-13(17(22)23)9-10-14(18(19,20)21)16(15)25-12-7-5-4-6-8-12/h4-10H,2-3,11H2,1H3,(H2,22,23). The molecule has 0 radical (unpaired) electrons. The number of primary amides is 1. The van der Waals surface area contributed by atoms with Crippen LogP contribution in [0.2, 0.25) is 0 Å². The van der Waals surface area contributed by atoms with Crippen LogP contribution in [0, 0.1) is 0 Å². The van der Waals surface area contributed by atoms with Crippen molar-refractivity contribution in [3.05, 3.63) is 53.6 Å². The van der Waals surface area contributed by atoms with Crippen LogP contribution in [0.15, 0.2) is 42.5 Å². The van der Waals surface area contributed by atoms with E-state index in [1.165, 1.54) is 12.1 Å². The highest BCUT2D eigenvalue weighted by Gasteiger charge is 2.37. The number of unbranched alkanes of at least 4 members (excludes halogenated alkanes) is 1. The molecule has 2 aromatic rings. The van der Waals surface area contributed by atoms with Gasteiger partial charge in [0.25, 0.3) is 5.91 Å². The van der Waals surface area contributed by atoms with Crippen LogP contribution in [-0.2, 0) is 6.18 Å². The van der Waals surface area contributed by atoms with E-state index in [-0.39, 0.29) is 23.7 Å². The van der Waals surface area contributed by atoms with E-state index < -0.39 is 23.4 Å². The summed E-state index contributed by atoms with van der Waals surface area (Å²) in [6, 6.07) is 9.74. The molecule has 0 saturated carbocycles. The number of benzene rings is 2. The van der Waals surface area contributed by atoms with Gasteiger partial charge < -0.3 is 15.2 Å². The van der Waals surface area contributed by atoms with Crippen LogP contribution in [-0.4, -0.2) is 12.5 Å². The molecule has 2 aromatic carbocycles. The van der Waals surface area contributed by atoms with Crippen molar-refractivity contribution in [1.29, 1.82) is 0 Å². The third kappa shape index (κ3) is 4.65. The molecule has 0 spiro atoms. The van der Waals surface area contributed by atoms with E-state index in [1.54, 1.807) is 18.2 Å². The number of alkyl halides is 3. The minimum atomic E-state index is -4.68. The molecule has 0 aromatic heterocycles. The third-order valence-corrected chi connectivity index (χ3v) is 3.39. The first-order valence-corrected chi connectivity index (χ1v) is 7.74. The van der Waals surface area contributed by atoms with Gasteiger partial charge in [-0.05, 0) is 30.7 Å². The van der Waals surface area contributed by atoms with Crippen molar-refractivity contribution >= 4 is 5.91 Å². The van der Waals surface area contributed by atoms with Crippen LogP contribution >= 0.6 is 0 Å². The minimum Gasteiger partial charge on any atom is -0.489 e. The maximum absolute atomic E-state index is 13.4. The van der Waals surface area contributed by atoms with Gasteiger partial charge in [0.15, 0.2) is 11.5 Å². The Hall–Kier alpha value is -2.70. The third-order valence-electron chi connectivity index (χ3n) is 3.39. The van der Waals surface area contributed by atoms with E-state index in [2.05, 4.69) is 0 Å². The molecule has 4 nitrogen and oxygen atoms in total. The number of carbonyl (C=O) groups is 1. The molecule has 25 heavy (non-hydrogen) atoms. The van der Waals surface area contributed by atoms with Gasteiger partial charge in [0.2, 0.25) is 0 Å². The van der Waals surface area contributed by atoms with E-state index >= 15 is 0 Å². The number of ether oxygens (including phenoxy) is 2. The van der Waals surface area contributed by atoms with Crippen molar-refractivity contribution in [3.63, 3.8) is 0 Å². The van der Waals surface area contributed by atoms with Gasteiger partial charge in [-0.25, -0.2) is 0 Å². The van der Waals surface area contributed by atoms with Gasteiger partial charge in [0, 0.05) is 0 Å². The molecule has 0 heterocycles. The molecular weight excluding hydrogens is 335 g/mol. The van der Waals surface area contributed by atoms with E-state index in [0.29, 0.717) is 6.42 Å². The number of nitrogens with two attached hydrogens (primary N) is 1. The lowest BCUT2D eigenvalue weighted by molar-refractivity contribution is -0.138. The van der Waals surface area contributed by atoms with Gasteiger partial charge in [-0.3, -0.25) is 4.79 Å². The number of hydrogen-bond donors (Lipinski definition) is 1. The lowest BCUT2D eigenvalue weighted by Crippen LogP contribution is -2.16. The molecule has 0 aliphatic rings. The van der Waals surface area contributed by atoms with E-state index in [4.69, 9.17) is 15.2 Å². The number of halogens is 3. The van der Waals surface area contributed by atoms with Gasteiger partial charge in [-0.1, -0.05) is 31.5 Å². The topological polar surface area (TPSA) is 61.5 Å². The smallest absolute Gasteiger partial charge is 0.420 e. The second-order valence-electron chi connectivity index (χ2n) is 5.30. The summed E-state index contributed by atoms with van der Waals surface area (Å²) in [7, 11) is 0. The Labute approximate surface area is 143 Å². The zero-order valence-electron chi connectivity index (χ0n) is 13.6. The molecular formula is C18H18F3NO3. The summed E-state index contributed by atoms with van der Waals surface area (Å²) >= 11 is 0. The summed E-state index contributed by atoms with van der Waals surface area (Å²) in [4.78, 5) is 11.6. The predicted octanol–water partition coefficient (Wildman–Crippen LogP) is 4.78. The highest BCUT2D eigenvalue weighted by molar-refractivity contribution is 5.97. The lowest BCUT2D eigenvalue weighted by Gasteiger charge is -2.19. The fourth-order valence-electron chi connectivity index (χ4n) is 2.15. The van der Waals surface area contributed by atoms with Crippen LogP contribution in [0.3, 0.4) is 0 Å². The quantitative estimate of drug-likeness (QED) is 0.729. The van der Waals surface area contributed by atoms with E-state index in [1.807, 2.05) is 6.92 Å². The fraction of sp³-hybridized carbons (Fsp3) is 0.278. The van der Waals surface area contributed by atoms with Gasteiger partial charge in [-0.15, -0.1) is 0 Å². The van der Waals surface area contributed by atoms with Crippen molar-refractivity contribution in [2.45, 2.75) is 25.9 Å². The molecule has 1 amide bonds. The monoisotopic (exact) mass is 353 g/mol. The molecule has 0 saturated heterocycles. The van der Waals surface area contributed by atoms with Gasteiger partial charge >= 0.3 is 6.18 Å². The molecule has 0 aliphatic carbocycles. The molecule has 0 fully saturated rings. The summed E-state index contributed by atoms with van der Waals surface area (Å²) in [6.07, 6.45) is -3.29. The summed E-state index contributed by atoms with van der Waals surface area (Å²) in [5, 5.41) is 0. The molecule has 0 bridgehead atoms. The fourth-order valence-corrected chi connectivity index (χ4v) is 2.15. The first-order valence-electron chi connectivity index (χ1n) is 7.74. The maximum atomic E-state index is 13.4. The van der Waals surface area contributed by atoms with Gasteiger partial charge in [-0.2, -0.15) is 13.2 Å². The zero-order chi connectivity index (χ0) is 18.4. The van der Waals surface area contributed by atoms with Crippen LogP contribution in [0.25, 0.3) is 0 Å². The Morgan fingerprint density at radius 1 is 1.08 bits per heavy atom. The molecule has 7 heteroatoms. The number of amides is 1. The van der Waals surface area contributed by atoms with Crippen molar-refractivity contribution in [1.82, 2.24) is 0 Å². The summed E-state index contributed by atoms with van der Waals surface area (Å²) < 4.78 is 51.1. The highest BCUT2D eigenvalue weighted by Crippen LogP contribution is 2.45. The average molecular weight is 353 g/mol. The maximum Gasteiger partial charge on any atom is 0.420 e. The summed E-state index contributed by atoms with van der Waals surface area (Å²) in [6.45, 7) is 2.05. The Kier molecular flexibility index (Phi) is 5.90. The Morgan fingerprint density at radius 3 is 2.32 bits per heavy atom. The Morgan fingerprint density at radius 2 is 1.76 bits per heavy atom. The van der Waals surface area contributed by atoms with Crippen LogP contribution < -0.4 is 15.2 Å². The molecule has 134 valence electrons. The van der Waals surface area contributed by atoms with Crippen LogP contribution in [0.4, 0.5) is 13.2 Å². The number of rotatable bonds is 7. The van der Waals surface area contributed by atoms with Crippen LogP contribution in [0.1, 0.15) is 35.7 Å².